The van der Waals surface area contributed by atoms with Gasteiger partial charge >= 0.3 is 5.97 Å². The smallest absolute Gasteiger partial charge is 0.340 e. The van der Waals surface area contributed by atoms with Crippen LogP contribution in [0.1, 0.15) is 28.5 Å². The van der Waals surface area contributed by atoms with Crippen LogP contribution in [0.5, 0.6) is 0 Å². The average molecular weight is 457 g/mol. The van der Waals surface area contributed by atoms with Crippen molar-refractivity contribution in [2.75, 3.05) is 17.7 Å². The summed E-state index contributed by atoms with van der Waals surface area (Å²) in [5.74, 6) is -1.19. The number of rotatable bonds is 7. The molecule has 0 bridgehead atoms. The zero-order valence-electron chi connectivity index (χ0n) is 16.6. The molecule has 31 heavy (non-hydrogen) atoms. The fourth-order valence-corrected chi connectivity index (χ4v) is 4.10. The minimum atomic E-state index is -0.543. The second-order valence-corrected chi connectivity index (χ2v) is 8.01. The zero-order chi connectivity index (χ0) is 22.4. The van der Waals surface area contributed by atoms with Crippen LogP contribution in [-0.2, 0) is 9.53 Å². The summed E-state index contributed by atoms with van der Waals surface area (Å²) >= 11 is 2.34. The summed E-state index contributed by atoms with van der Waals surface area (Å²) in [5, 5.41) is 14.6. The van der Waals surface area contributed by atoms with Crippen LogP contribution in [0, 0.1) is 24.1 Å². The molecule has 2 aromatic heterocycles. The molecule has 158 valence electrons. The molecule has 1 aromatic carbocycles. The lowest BCUT2D eigenvalue weighted by Gasteiger charge is -2.09. The van der Waals surface area contributed by atoms with E-state index in [0.717, 1.165) is 17.3 Å². The van der Waals surface area contributed by atoms with Gasteiger partial charge in [-0.2, -0.15) is 5.26 Å². The molecule has 0 atom stereocenters. The molecule has 7 nitrogen and oxygen atoms in total. The second-order valence-electron chi connectivity index (χ2n) is 6.19. The number of benzene rings is 1. The molecule has 0 unspecified atom stereocenters. The summed E-state index contributed by atoms with van der Waals surface area (Å²) in [5.41, 5.74) is 2.21. The largest absolute Gasteiger partial charge is 0.462 e. The number of thiazole rings is 1. The van der Waals surface area contributed by atoms with Gasteiger partial charge in [0.1, 0.15) is 16.9 Å². The van der Waals surface area contributed by atoms with Crippen molar-refractivity contribution in [3.8, 4) is 17.3 Å². The van der Waals surface area contributed by atoms with Crippen LogP contribution in [0.3, 0.4) is 0 Å². The maximum atomic E-state index is 13.1. The van der Waals surface area contributed by atoms with E-state index in [1.165, 1.54) is 29.5 Å². The van der Waals surface area contributed by atoms with Crippen LogP contribution in [-0.4, -0.2) is 34.2 Å². The van der Waals surface area contributed by atoms with Crippen LogP contribution >= 0.6 is 23.1 Å². The molecule has 3 aromatic rings. The van der Waals surface area contributed by atoms with Crippen molar-refractivity contribution in [1.82, 2.24) is 9.97 Å². The van der Waals surface area contributed by atoms with Crippen molar-refractivity contribution < 1.29 is 18.7 Å². The maximum Gasteiger partial charge on any atom is 0.340 e. The lowest BCUT2D eigenvalue weighted by molar-refractivity contribution is -0.113. The van der Waals surface area contributed by atoms with E-state index in [1.54, 1.807) is 31.4 Å². The highest BCUT2D eigenvalue weighted by atomic mass is 32.2. The fourth-order valence-electron chi connectivity index (χ4n) is 2.56. The lowest BCUT2D eigenvalue weighted by atomic mass is 10.1. The molecule has 0 aliphatic rings. The van der Waals surface area contributed by atoms with Crippen molar-refractivity contribution in [2.24, 2.45) is 0 Å². The summed E-state index contributed by atoms with van der Waals surface area (Å²) in [4.78, 5) is 32.9. The van der Waals surface area contributed by atoms with Gasteiger partial charge < -0.3 is 10.1 Å². The number of nitrogens with one attached hydrogen (secondary N) is 1. The normalized spacial score (nSPS) is 10.4. The van der Waals surface area contributed by atoms with E-state index in [-0.39, 0.29) is 35.2 Å². The number of carbonyl (C=O) groups excluding carboxylic acids is 2. The van der Waals surface area contributed by atoms with E-state index in [1.807, 2.05) is 6.07 Å². The molecule has 1 amide bonds. The highest BCUT2D eigenvalue weighted by Gasteiger charge is 2.17. The Kier molecular flexibility index (Phi) is 7.33. The third-order valence-electron chi connectivity index (χ3n) is 4.02. The molecule has 0 saturated heterocycles. The molecule has 0 spiro atoms. The van der Waals surface area contributed by atoms with Crippen molar-refractivity contribution in [3.63, 3.8) is 0 Å². The highest BCUT2D eigenvalue weighted by molar-refractivity contribution is 8.00. The molecule has 0 aliphatic heterocycles. The standard InChI is InChI=1S/C21H17FN4O3S2/c1-3-29-20(28)16-8-14(9-23)19(24-12(16)2)30-11-18(27)26-21-25-17(10-31-21)13-4-6-15(22)7-5-13/h4-8,10H,3,11H2,1-2H3,(H,25,26,27). The number of nitrogens with zero attached hydrogens (tertiary/aromatic N) is 3. The molecular weight excluding hydrogens is 439 g/mol. The quantitative estimate of drug-likeness (QED) is 0.414. The number of halogens is 1. The number of aromatic nitrogens is 2. The van der Waals surface area contributed by atoms with Gasteiger partial charge in [-0.25, -0.2) is 19.2 Å². The Labute approximate surface area is 186 Å². The van der Waals surface area contributed by atoms with Gasteiger partial charge in [0, 0.05) is 10.9 Å². The number of hydrogen-bond donors (Lipinski definition) is 1. The molecule has 10 heteroatoms. The van der Waals surface area contributed by atoms with Crippen LogP contribution in [0.15, 0.2) is 40.7 Å². The lowest BCUT2D eigenvalue weighted by Crippen LogP contribution is -2.14. The van der Waals surface area contributed by atoms with Gasteiger partial charge in [-0.05, 0) is 44.2 Å². The number of esters is 1. The highest BCUT2D eigenvalue weighted by Crippen LogP contribution is 2.26. The molecule has 0 aliphatic carbocycles. The van der Waals surface area contributed by atoms with E-state index in [4.69, 9.17) is 4.74 Å². The first-order valence-electron chi connectivity index (χ1n) is 9.14. The Morgan fingerprint density at radius 1 is 1.29 bits per heavy atom. The van der Waals surface area contributed by atoms with Gasteiger partial charge in [0.25, 0.3) is 0 Å². The number of amides is 1. The Balaban J connectivity index is 1.64. The topological polar surface area (TPSA) is 105 Å². The predicted octanol–water partition coefficient (Wildman–Crippen LogP) is 4.43. The third kappa shape index (κ3) is 5.65. The summed E-state index contributed by atoms with van der Waals surface area (Å²) in [6, 6.07) is 9.35. The first-order valence-corrected chi connectivity index (χ1v) is 11.0. The number of thioether (sulfide) groups is 1. The first-order chi connectivity index (χ1) is 14.9. The zero-order valence-corrected chi connectivity index (χ0v) is 18.3. The molecule has 0 saturated carbocycles. The summed E-state index contributed by atoms with van der Waals surface area (Å²) in [7, 11) is 0. The minimum absolute atomic E-state index is 0.00529. The number of carbonyl (C=O) groups is 2. The molecule has 1 N–H and O–H groups in total. The fraction of sp³-hybridized carbons (Fsp3) is 0.190. The van der Waals surface area contributed by atoms with E-state index in [2.05, 4.69) is 15.3 Å². The number of hydrogen-bond acceptors (Lipinski definition) is 8. The number of pyridine rings is 1. The predicted molar refractivity (Wildman–Crippen MR) is 117 cm³/mol. The van der Waals surface area contributed by atoms with Gasteiger partial charge in [-0.3, -0.25) is 4.79 Å². The van der Waals surface area contributed by atoms with Crippen molar-refractivity contribution in [2.45, 2.75) is 18.9 Å². The van der Waals surface area contributed by atoms with Crippen LogP contribution in [0.4, 0.5) is 9.52 Å². The van der Waals surface area contributed by atoms with E-state index < -0.39 is 5.97 Å². The maximum absolute atomic E-state index is 13.1. The number of aryl methyl sites for hydroxylation is 1. The first kappa shape index (κ1) is 22.4. The second kappa shape index (κ2) is 10.1. The summed E-state index contributed by atoms with van der Waals surface area (Å²) in [6.45, 7) is 3.56. The monoisotopic (exact) mass is 456 g/mol. The van der Waals surface area contributed by atoms with Gasteiger partial charge in [-0.15, -0.1) is 11.3 Å². The van der Waals surface area contributed by atoms with Crippen molar-refractivity contribution in [3.05, 3.63) is 58.3 Å². The summed E-state index contributed by atoms with van der Waals surface area (Å²) in [6.07, 6.45) is 0. The summed E-state index contributed by atoms with van der Waals surface area (Å²) < 4.78 is 18.0. The Morgan fingerprint density at radius 3 is 2.71 bits per heavy atom. The average Bonchev–Trinajstić information content (AvgIpc) is 3.21. The SMILES string of the molecule is CCOC(=O)c1cc(C#N)c(SCC(=O)Nc2nc(-c3ccc(F)cc3)cs2)nc1C. The Morgan fingerprint density at radius 2 is 2.03 bits per heavy atom. The molecule has 3 rings (SSSR count). The number of ether oxygens (including phenoxy) is 1. The van der Waals surface area contributed by atoms with E-state index in [0.29, 0.717) is 21.5 Å². The minimum Gasteiger partial charge on any atom is -0.462 e. The third-order valence-corrected chi connectivity index (χ3v) is 5.77. The molecule has 0 fully saturated rings. The van der Waals surface area contributed by atoms with Gasteiger partial charge in [0.05, 0.1) is 34.9 Å². The van der Waals surface area contributed by atoms with Crippen molar-refractivity contribution >= 4 is 40.1 Å². The van der Waals surface area contributed by atoms with Crippen molar-refractivity contribution in [1.29, 1.82) is 5.26 Å². The van der Waals surface area contributed by atoms with Gasteiger partial charge in [0.2, 0.25) is 5.91 Å². The van der Waals surface area contributed by atoms with Crippen LogP contribution in [0.2, 0.25) is 0 Å². The van der Waals surface area contributed by atoms with E-state index in [9.17, 15) is 19.2 Å². The Bertz CT molecular complexity index is 1160. The Hall–Kier alpha value is -3.29. The number of nitriles is 1. The van der Waals surface area contributed by atoms with Gasteiger partial charge in [-0.1, -0.05) is 11.8 Å². The van der Waals surface area contributed by atoms with Crippen LogP contribution < -0.4 is 5.32 Å². The molecule has 0 radical (unpaired) electrons. The number of anilines is 1. The van der Waals surface area contributed by atoms with Gasteiger partial charge in [0.15, 0.2) is 5.13 Å². The van der Waals surface area contributed by atoms with E-state index >= 15 is 0 Å². The van der Waals surface area contributed by atoms with Crippen LogP contribution in [0.25, 0.3) is 11.3 Å². The molecule has 2 heterocycles. The molecular formula is C21H17FN4O3S2.